The van der Waals surface area contributed by atoms with Gasteiger partial charge in [0.1, 0.15) is 0 Å². The molecule has 0 radical (unpaired) electrons. The first-order valence-corrected chi connectivity index (χ1v) is 5.33. The van der Waals surface area contributed by atoms with Crippen molar-refractivity contribution in [1.29, 1.82) is 5.26 Å². The van der Waals surface area contributed by atoms with Crippen molar-refractivity contribution in [1.82, 2.24) is 4.98 Å². The molecule has 0 aliphatic rings. The zero-order valence-electron chi connectivity index (χ0n) is 8.92. The van der Waals surface area contributed by atoms with Crippen molar-refractivity contribution < 1.29 is 13.2 Å². The van der Waals surface area contributed by atoms with Gasteiger partial charge in [0.05, 0.1) is 29.3 Å². The summed E-state index contributed by atoms with van der Waals surface area (Å²) in [6.07, 6.45) is -4.56. The second-order valence-electron chi connectivity index (χ2n) is 3.66. The predicted octanol–water partition coefficient (Wildman–Crippen LogP) is 3.97. The Balaban J connectivity index is 2.75. The van der Waals surface area contributed by atoms with Gasteiger partial charge in [-0.2, -0.15) is 18.4 Å². The van der Waals surface area contributed by atoms with Crippen LogP contribution in [0.4, 0.5) is 13.2 Å². The fourth-order valence-corrected chi connectivity index (χ4v) is 1.86. The van der Waals surface area contributed by atoms with E-state index >= 15 is 0 Å². The number of alkyl halides is 3. The molecule has 2 aromatic rings. The summed E-state index contributed by atoms with van der Waals surface area (Å²) < 4.78 is 38.6. The molecule has 6 heteroatoms. The summed E-state index contributed by atoms with van der Waals surface area (Å²) in [6.45, 7) is 0. The number of hydrogen-bond donors (Lipinski definition) is 0. The summed E-state index contributed by atoms with van der Waals surface area (Å²) in [5.74, 6) is 0. The Bertz CT molecular complexity index is 644. The number of nitrogens with zero attached hydrogens (tertiary/aromatic N) is 2. The molecule has 0 aliphatic heterocycles. The molecular formula is C12H6ClF3N2. The Morgan fingerprint density at radius 2 is 2.00 bits per heavy atom. The summed E-state index contributed by atoms with van der Waals surface area (Å²) in [5, 5.41) is 8.84. The normalized spacial score (nSPS) is 11.5. The van der Waals surface area contributed by atoms with E-state index in [4.69, 9.17) is 16.9 Å². The average Bonchev–Trinajstić information content (AvgIpc) is 2.27. The van der Waals surface area contributed by atoms with Crippen molar-refractivity contribution >= 4 is 22.5 Å². The van der Waals surface area contributed by atoms with Crippen LogP contribution in [0.5, 0.6) is 0 Å². The molecule has 0 atom stereocenters. The van der Waals surface area contributed by atoms with Crippen LogP contribution in [-0.4, -0.2) is 4.98 Å². The highest BCUT2D eigenvalue weighted by molar-refractivity contribution is 6.31. The molecule has 0 unspecified atom stereocenters. The molecule has 0 spiro atoms. The second kappa shape index (κ2) is 4.46. The molecule has 0 N–H and O–H groups in total. The maximum atomic E-state index is 12.9. The van der Waals surface area contributed by atoms with Gasteiger partial charge in [-0.25, -0.2) is 0 Å². The number of hydrogen-bond acceptors (Lipinski definition) is 2. The lowest BCUT2D eigenvalue weighted by atomic mass is 10.1. The standard InChI is InChI=1S/C12H6ClF3N2/c13-8-5-7-1-2-9(3-4-17)18-11(7)10(6-8)12(14,15)16/h1-2,5-6H,3H2. The lowest BCUT2D eigenvalue weighted by Gasteiger charge is -2.11. The van der Waals surface area contributed by atoms with E-state index in [1.807, 2.05) is 6.07 Å². The molecule has 0 bridgehead atoms. The van der Waals surface area contributed by atoms with Crippen LogP contribution in [-0.2, 0) is 12.6 Å². The van der Waals surface area contributed by atoms with E-state index in [1.165, 1.54) is 18.2 Å². The van der Waals surface area contributed by atoms with E-state index in [9.17, 15) is 13.2 Å². The molecule has 0 saturated carbocycles. The minimum absolute atomic E-state index is 0.00431. The molecule has 1 heterocycles. The van der Waals surface area contributed by atoms with Crippen molar-refractivity contribution in [3.05, 3.63) is 40.5 Å². The van der Waals surface area contributed by atoms with Gasteiger partial charge in [0.2, 0.25) is 0 Å². The number of rotatable bonds is 1. The highest BCUT2D eigenvalue weighted by atomic mass is 35.5. The van der Waals surface area contributed by atoms with Gasteiger partial charge in [-0.05, 0) is 18.2 Å². The van der Waals surface area contributed by atoms with Gasteiger partial charge in [-0.3, -0.25) is 4.98 Å². The number of fused-ring (bicyclic) bond motifs is 1. The first-order chi connectivity index (χ1) is 8.41. The van der Waals surface area contributed by atoms with Gasteiger partial charge in [-0.1, -0.05) is 17.7 Å². The Morgan fingerprint density at radius 1 is 1.28 bits per heavy atom. The topological polar surface area (TPSA) is 36.7 Å². The van der Waals surface area contributed by atoms with Crippen LogP contribution in [0.25, 0.3) is 10.9 Å². The van der Waals surface area contributed by atoms with E-state index in [1.54, 1.807) is 0 Å². The van der Waals surface area contributed by atoms with E-state index in [0.717, 1.165) is 6.07 Å². The van der Waals surface area contributed by atoms with Crippen molar-refractivity contribution in [3.8, 4) is 6.07 Å². The fraction of sp³-hybridized carbons (Fsp3) is 0.167. The van der Waals surface area contributed by atoms with Crippen molar-refractivity contribution in [2.45, 2.75) is 12.6 Å². The third kappa shape index (κ3) is 2.39. The lowest BCUT2D eigenvalue weighted by Crippen LogP contribution is -2.07. The van der Waals surface area contributed by atoms with Crippen LogP contribution < -0.4 is 0 Å². The Kier molecular flexibility index (Phi) is 3.14. The van der Waals surface area contributed by atoms with Gasteiger partial charge >= 0.3 is 6.18 Å². The van der Waals surface area contributed by atoms with Gasteiger partial charge < -0.3 is 0 Å². The Labute approximate surface area is 106 Å². The second-order valence-corrected chi connectivity index (χ2v) is 4.10. The van der Waals surface area contributed by atoms with Crippen LogP contribution >= 0.6 is 11.6 Å². The third-order valence-corrected chi connectivity index (χ3v) is 2.60. The van der Waals surface area contributed by atoms with E-state index in [-0.39, 0.29) is 17.0 Å². The molecule has 2 rings (SSSR count). The quantitative estimate of drug-likeness (QED) is 0.786. The van der Waals surface area contributed by atoms with E-state index in [0.29, 0.717) is 11.1 Å². The highest BCUT2D eigenvalue weighted by Crippen LogP contribution is 2.36. The number of nitriles is 1. The summed E-state index contributed by atoms with van der Waals surface area (Å²) in [4.78, 5) is 3.87. The summed E-state index contributed by atoms with van der Waals surface area (Å²) in [7, 11) is 0. The molecule has 0 aliphatic carbocycles. The van der Waals surface area contributed by atoms with Crippen LogP contribution in [0.15, 0.2) is 24.3 Å². The van der Waals surface area contributed by atoms with Crippen LogP contribution in [0.2, 0.25) is 5.02 Å². The number of aromatic nitrogens is 1. The van der Waals surface area contributed by atoms with Gasteiger partial charge in [0, 0.05) is 10.4 Å². The average molecular weight is 271 g/mol. The monoisotopic (exact) mass is 270 g/mol. The molecular weight excluding hydrogens is 265 g/mol. The Hall–Kier alpha value is -1.80. The minimum Gasteiger partial charge on any atom is -0.251 e. The number of benzene rings is 1. The maximum Gasteiger partial charge on any atom is 0.418 e. The van der Waals surface area contributed by atoms with Gasteiger partial charge in [-0.15, -0.1) is 0 Å². The largest absolute Gasteiger partial charge is 0.418 e. The summed E-state index contributed by atoms with van der Waals surface area (Å²) in [6, 6.07) is 7.10. The van der Waals surface area contributed by atoms with Crippen LogP contribution in [0.1, 0.15) is 11.3 Å². The fourth-order valence-electron chi connectivity index (χ4n) is 1.63. The van der Waals surface area contributed by atoms with Crippen molar-refractivity contribution in [2.24, 2.45) is 0 Å². The number of pyridine rings is 1. The molecule has 18 heavy (non-hydrogen) atoms. The lowest BCUT2D eigenvalue weighted by molar-refractivity contribution is -0.136. The summed E-state index contributed by atoms with van der Waals surface area (Å²) in [5.41, 5.74) is -0.762. The minimum atomic E-state index is -4.53. The Morgan fingerprint density at radius 3 is 2.61 bits per heavy atom. The third-order valence-electron chi connectivity index (χ3n) is 2.38. The highest BCUT2D eigenvalue weighted by Gasteiger charge is 2.33. The molecule has 0 amide bonds. The molecule has 1 aromatic carbocycles. The van der Waals surface area contributed by atoms with E-state index < -0.39 is 11.7 Å². The van der Waals surface area contributed by atoms with Crippen LogP contribution in [0.3, 0.4) is 0 Å². The van der Waals surface area contributed by atoms with Crippen molar-refractivity contribution in [3.63, 3.8) is 0 Å². The molecule has 2 nitrogen and oxygen atoms in total. The zero-order valence-corrected chi connectivity index (χ0v) is 9.68. The SMILES string of the molecule is N#CCc1ccc2cc(Cl)cc(C(F)(F)F)c2n1. The van der Waals surface area contributed by atoms with Crippen molar-refractivity contribution in [2.75, 3.05) is 0 Å². The predicted molar refractivity (Wildman–Crippen MR) is 61.1 cm³/mol. The maximum absolute atomic E-state index is 12.9. The molecule has 0 fully saturated rings. The number of halogens is 4. The molecule has 92 valence electrons. The summed E-state index contributed by atoms with van der Waals surface area (Å²) >= 11 is 5.65. The molecule has 0 saturated heterocycles. The van der Waals surface area contributed by atoms with E-state index in [2.05, 4.69) is 4.98 Å². The molecule has 1 aromatic heterocycles. The van der Waals surface area contributed by atoms with Gasteiger partial charge in [0.15, 0.2) is 0 Å². The van der Waals surface area contributed by atoms with Gasteiger partial charge in [0.25, 0.3) is 0 Å². The first-order valence-electron chi connectivity index (χ1n) is 4.95. The zero-order chi connectivity index (χ0) is 13.3. The van der Waals surface area contributed by atoms with Crippen LogP contribution in [0, 0.1) is 11.3 Å². The smallest absolute Gasteiger partial charge is 0.251 e. The first kappa shape index (κ1) is 12.7.